The molecule has 3 heteroatoms. The first-order valence-electron chi connectivity index (χ1n) is 14.7. The Morgan fingerprint density at radius 3 is 1.74 bits per heavy atom. The summed E-state index contributed by atoms with van der Waals surface area (Å²) in [6.07, 6.45) is 7.47. The van der Waals surface area contributed by atoms with Gasteiger partial charge >= 0.3 is 0 Å². The maximum Gasteiger partial charge on any atom is 0.0759 e. The van der Waals surface area contributed by atoms with Gasteiger partial charge in [-0.15, -0.1) is 0 Å². The van der Waals surface area contributed by atoms with Crippen LogP contribution in [0.2, 0.25) is 0 Å². The summed E-state index contributed by atoms with van der Waals surface area (Å²) in [5.41, 5.74) is 15.1. The molecule has 0 saturated heterocycles. The number of nitrogens with zero attached hydrogens (tertiary/aromatic N) is 3. The molecule has 8 rings (SSSR count). The van der Waals surface area contributed by atoms with Crippen LogP contribution in [0, 0.1) is 0 Å². The fraction of sp³-hybridized carbons (Fsp3) is 0.0750. The van der Waals surface area contributed by atoms with E-state index in [2.05, 4.69) is 127 Å². The van der Waals surface area contributed by atoms with Crippen molar-refractivity contribution in [3.8, 4) is 55.8 Å². The van der Waals surface area contributed by atoms with Gasteiger partial charge in [0.25, 0.3) is 0 Å². The molecule has 7 aromatic rings. The summed E-state index contributed by atoms with van der Waals surface area (Å²) in [6, 6.07) is 41.2. The molecule has 3 nitrogen and oxygen atoms in total. The number of hydrogen-bond donors (Lipinski definition) is 0. The molecular formula is C40H29N3. The van der Waals surface area contributed by atoms with Crippen molar-refractivity contribution in [3.05, 3.63) is 151 Å². The molecule has 4 aromatic carbocycles. The highest BCUT2D eigenvalue weighted by Gasteiger charge is 2.39. The minimum absolute atomic E-state index is 0.159. The second-order valence-corrected chi connectivity index (χ2v) is 11.8. The molecule has 0 bridgehead atoms. The third kappa shape index (κ3) is 4.16. The third-order valence-corrected chi connectivity index (χ3v) is 8.80. The number of pyridine rings is 3. The average molecular weight is 552 g/mol. The summed E-state index contributed by atoms with van der Waals surface area (Å²) in [6.45, 7) is 4.66. The van der Waals surface area contributed by atoms with Crippen LogP contribution in [0.15, 0.2) is 140 Å². The van der Waals surface area contributed by atoms with Gasteiger partial charge in [0.15, 0.2) is 0 Å². The van der Waals surface area contributed by atoms with Gasteiger partial charge in [-0.2, -0.15) is 0 Å². The fourth-order valence-electron chi connectivity index (χ4n) is 6.71. The van der Waals surface area contributed by atoms with Gasteiger partial charge in [-0.05, 0) is 80.9 Å². The highest BCUT2D eigenvalue weighted by atomic mass is 14.7. The van der Waals surface area contributed by atoms with E-state index in [0.717, 1.165) is 44.6 Å². The second kappa shape index (κ2) is 9.85. The topological polar surface area (TPSA) is 38.7 Å². The van der Waals surface area contributed by atoms with Crippen LogP contribution in [-0.4, -0.2) is 15.0 Å². The predicted octanol–water partition coefficient (Wildman–Crippen LogP) is 10.00. The van der Waals surface area contributed by atoms with Crippen LogP contribution in [0.3, 0.4) is 0 Å². The van der Waals surface area contributed by atoms with Gasteiger partial charge in [-0.3, -0.25) is 9.97 Å². The van der Waals surface area contributed by atoms with E-state index >= 15 is 0 Å². The quantitative estimate of drug-likeness (QED) is 0.218. The molecule has 0 amide bonds. The van der Waals surface area contributed by atoms with Crippen LogP contribution in [0.1, 0.15) is 25.0 Å². The van der Waals surface area contributed by atoms with Crippen molar-refractivity contribution < 1.29 is 0 Å². The van der Waals surface area contributed by atoms with Gasteiger partial charge < -0.3 is 0 Å². The summed E-state index contributed by atoms with van der Waals surface area (Å²) in [5, 5.41) is 1.19. The minimum atomic E-state index is -0.159. The van der Waals surface area contributed by atoms with Gasteiger partial charge in [0.05, 0.1) is 11.2 Å². The van der Waals surface area contributed by atoms with Crippen molar-refractivity contribution in [2.75, 3.05) is 0 Å². The molecule has 0 saturated carbocycles. The van der Waals surface area contributed by atoms with Crippen molar-refractivity contribution in [1.82, 2.24) is 15.0 Å². The zero-order valence-corrected chi connectivity index (χ0v) is 24.1. The van der Waals surface area contributed by atoms with E-state index in [9.17, 15) is 0 Å². The Hall–Kier alpha value is -5.41. The molecule has 0 atom stereocenters. The summed E-state index contributed by atoms with van der Waals surface area (Å²) < 4.78 is 0. The van der Waals surface area contributed by atoms with Crippen molar-refractivity contribution in [3.63, 3.8) is 0 Å². The van der Waals surface area contributed by atoms with Crippen molar-refractivity contribution >= 4 is 10.9 Å². The summed E-state index contributed by atoms with van der Waals surface area (Å²) in [7, 11) is 0. The van der Waals surface area contributed by atoms with E-state index in [1.54, 1.807) is 0 Å². The summed E-state index contributed by atoms with van der Waals surface area (Å²) >= 11 is 0. The van der Waals surface area contributed by atoms with Crippen LogP contribution in [-0.2, 0) is 5.41 Å². The SMILES string of the molecule is CC1(C)c2ccccc2-c2nc3ccccc3c(-c3ccc(-c4cc(-c5cccnc5)cc(-c5cccnc5)c4)cc3)c21. The van der Waals surface area contributed by atoms with Crippen LogP contribution in [0.25, 0.3) is 66.7 Å². The first-order valence-corrected chi connectivity index (χ1v) is 14.7. The number of para-hydroxylation sites is 1. The Bertz CT molecular complexity index is 2070. The molecule has 0 N–H and O–H groups in total. The third-order valence-electron chi connectivity index (χ3n) is 8.80. The standard InChI is InChI=1S/C40H29N3/c1-40(2)35-13-5-3-11-33(35)39-38(40)37(34-12-4-6-14-36(34)43-39)27-17-15-26(16-18-27)30-21-31(28-9-7-19-41-24-28)23-32(22-30)29-10-8-20-42-25-29/h3-25H,1-2H3. The molecule has 0 aliphatic heterocycles. The van der Waals surface area contributed by atoms with E-state index in [1.165, 1.54) is 33.2 Å². The van der Waals surface area contributed by atoms with Gasteiger partial charge in [-0.25, -0.2) is 4.98 Å². The first-order chi connectivity index (χ1) is 21.1. The Morgan fingerprint density at radius 1 is 0.512 bits per heavy atom. The lowest BCUT2D eigenvalue weighted by Gasteiger charge is -2.25. The smallest absolute Gasteiger partial charge is 0.0759 e. The molecule has 0 unspecified atom stereocenters. The van der Waals surface area contributed by atoms with Crippen LogP contribution in [0.5, 0.6) is 0 Å². The molecule has 3 aromatic heterocycles. The Morgan fingerprint density at radius 2 is 1.09 bits per heavy atom. The van der Waals surface area contributed by atoms with Gasteiger partial charge in [-0.1, -0.05) is 92.7 Å². The molecule has 0 radical (unpaired) electrons. The van der Waals surface area contributed by atoms with E-state index < -0.39 is 0 Å². The van der Waals surface area contributed by atoms with Crippen LogP contribution in [0.4, 0.5) is 0 Å². The highest BCUT2D eigenvalue weighted by Crippen LogP contribution is 2.53. The summed E-state index contributed by atoms with van der Waals surface area (Å²) in [4.78, 5) is 14.0. The molecule has 3 heterocycles. The van der Waals surface area contributed by atoms with E-state index in [1.807, 2.05) is 36.9 Å². The number of hydrogen-bond acceptors (Lipinski definition) is 3. The number of benzene rings is 4. The van der Waals surface area contributed by atoms with Gasteiger partial charge in [0, 0.05) is 52.3 Å². The van der Waals surface area contributed by atoms with E-state index in [4.69, 9.17) is 4.98 Å². The molecular weight excluding hydrogens is 522 g/mol. The van der Waals surface area contributed by atoms with Crippen molar-refractivity contribution in [2.24, 2.45) is 0 Å². The number of aromatic nitrogens is 3. The number of fused-ring (bicyclic) bond motifs is 4. The van der Waals surface area contributed by atoms with E-state index in [-0.39, 0.29) is 5.41 Å². The predicted molar refractivity (Wildman–Crippen MR) is 177 cm³/mol. The van der Waals surface area contributed by atoms with Crippen LogP contribution < -0.4 is 0 Å². The van der Waals surface area contributed by atoms with Gasteiger partial charge in [0.1, 0.15) is 0 Å². The lowest BCUT2D eigenvalue weighted by Crippen LogP contribution is -2.16. The second-order valence-electron chi connectivity index (χ2n) is 11.8. The van der Waals surface area contributed by atoms with E-state index in [0.29, 0.717) is 0 Å². The maximum atomic E-state index is 5.21. The fourth-order valence-corrected chi connectivity index (χ4v) is 6.71. The minimum Gasteiger partial charge on any atom is -0.264 e. The first kappa shape index (κ1) is 25.3. The Labute approximate surface area is 251 Å². The zero-order chi connectivity index (χ0) is 29.0. The average Bonchev–Trinajstić information content (AvgIpc) is 3.30. The van der Waals surface area contributed by atoms with Gasteiger partial charge in [0.2, 0.25) is 0 Å². The van der Waals surface area contributed by atoms with Crippen LogP contribution >= 0.6 is 0 Å². The largest absolute Gasteiger partial charge is 0.264 e. The lowest BCUT2D eigenvalue weighted by molar-refractivity contribution is 0.662. The Balaban J connectivity index is 1.30. The van der Waals surface area contributed by atoms with Crippen molar-refractivity contribution in [2.45, 2.75) is 19.3 Å². The molecule has 1 aliphatic rings. The molecule has 1 aliphatic carbocycles. The maximum absolute atomic E-state index is 5.21. The molecule has 0 spiro atoms. The lowest BCUT2D eigenvalue weighted by atomic mass is 9.78. The molecule has 204 valence electrons. The summed E-state index contributed by atoms with van der Waals surface area (Å²) in [5.74, 6) is 0. The molecule has 0 fully saturated rings. The normalized spacial score (nSPS) is 13.1. The number of rotatable bonds is 4. The highest BCUT2D eigenvalue weighted by molar-refractivity contribution is 6.02. The molecule has 43 heavy (non-hydrogen) atoms. The Kier molecular flexibility index (Phi) is 5.80. The monoisotopic (exact) mass is 551 g/mol. The van der Waals surface area contributed by atoms with Crippen molar-refractivity contribution in [1.29, 1.82) is 0 Å². The zero-order valence-electron chi connectivity index (χ0n) is 24.1.